The Hall–Kier alpha value is -3.42. The molecule has 1 amide bonds. The SMILES string of the molecule is CC(C)Nc1ncnc(N)c1C(=N)c1ccc2cc(C(=O)NC3CC3)[nH]c2c1. The van der Waals surface area contributed by atoms with Crippen LogP contribution < -0.4 is 16.4 Å². The van der Waals surface area contributed by atoms with E-state index in [1.807, 2.05) is 38.1 Å². The van der Waals surface area contributed by atoms with E-state index in [0.29, 0.717) is 28.7 Å². The number of nitrogens with two attached hydrogens (primary N) is 1. The minimum Gasteiger partial charge on any atom is -0.383 e. The Morgan fingerprint density at radius 3 is 2.79 bits per heavy atom. The number of carbonyl (C=O) groups excluding carboxylic acids is 1. The second-order valence-corrected chi connectivity index (χ2v) is 7.39. The van der Waals surface area contributed by atoms with Gasteiger partial charge in [-0.05, 0) is 38.8 Å². The highest BCUT2D eigenvalue weighted by Gasteiger charge is 2.24. The molecule has 1 saturated carbocycles. The number of H-pyrrole nitrogens is 1. The number of anilines is 2. The summed E-state index contributed by atoms with van der Waals surface area (Å²) < 4.78 is 0. The first-order chi connectivity index (χ1) is 13.4. The van der Waals surface area contributed by atoms with Gasteiger partial charge in [0, 0.05) is 28.6 Å². The topological polar surface area (TPSA) is 133 Å². The first-order valence-corrected chi connectivity index (χ1v) is 9.32. The molecule has 144 valence electrons. The minimum atomic E-state index is -0.0977. The van der Waals surface area contributed by atoms with Gasteiger partial charge in [0.2, 0.25) is 0 Å². The largest absolute Gasteiger partial charge is 0.383 e. The molecule has 1 aliphatic rings. The lowest BCUT2D eigenvalue weighted by molar-refractivity contribution is 0.0947. The van der Waals surface area contributed by atoms with Crippen molar-refractivity contribution in [2.45, 2.75) is 38.8 Å². The standard InChI is InChI=1S/C20H23N7O/c1-10(2)25-19-16(18(22)23-9-24-19)17(21)12-4-3-11-7-15(27-14(11)8-12)20(28)26-13-5-6-13/h3-4,7-10,13,21,27H,5-6H2,1-2H3,(H,26,28)(H3,22,23,24,25). The molecule has 8 nitrogen and oxygen atoms in total. The van der Waals surface area contributed by atoms with Gasteiger partial charge in [-0.1, -0.05) is 12.1 Å². The summed E-state index contributed by atoms with van der Waals surface area (Å²) in [6, 6.07) is 7.84. The molecular weight excluding hydrogens is 354 g/mol. The van der Waals surface area contributed by atoms with Crippen molar-refractivity contribution in [1.82, 2.24) is 20.3 Å². The number of carbonyl (C=O) groups is 1. The van der Waals surface area contributed by atoms with Gasteiger partial charge in [-0.25, -0.2) is 9.97 Å². The van der Waals surface area contributed by atoms with Gasteiger partial charge in [-0.15, -0.1) is 0 Å². The number of aromatic amines is 1. The average Bonchev–Trinajstić information content (AvgIpc) is 3.35. The molecule has 28 heavy (non-hydrogen) atoms. The maximum Gasteiger partial charge on any atom is 0.267 e. The second kappa shape index (κ2) is 6.95. The van der Waals surface area contributed by atoms with Gasteiger partial charge in [-0.3, -0.25) is 10.2 Å². The van der Waals surface area contributed by atoms with Crippen molar-refractivity contribution in [1.29, 1.82) is 5.41 Å². The fourth-order valence-electron chi connectivity index (χ4n) is 3.07. The van der Waals surface area contributed by atoms with Gasteiger partial charge >= 0.3 is 0 Å². The summed E-state index contributed by atoms with van der Waals surface area (Å²) in [6.07, 6.45) is 3.47. The Morgan fingerprint density at radius 2 is 2.07 bits per heavy atom. The molecule has 4 rings (SSSR count). The van der Waals surface area contributed by atoms with Crippen molar-refractivity contribution >= 4 is 34.2 Å². The normalized spacial score (nSPS) is 13.7. The molecule has 0 aliphatic heterocycles. The maximum atomic E-state index is 12.3. The Labute approximate surface area is 162 Å². The average molecular weight is 377 g/mol. The molecule has 1 aromatic carbocycles. The Kier molecular flexibility index (Phi) is 4.46. The highest BCUT2D eigenvalue weighted by atomic mass is 16.2. The van der Waals surface area contributed by atoms with Gasteiger partial charge < -0.3 is 21.4 Å². The summed E-state index contributed by atoms with van der Waals surface area (Å²) in [7, 11) is 0. The number of amides is 1. The van der Waals surface area contributed by atoms with Gasteiger partial charge in [0.15, 0.2) is 0 Å². The molecule has 0 atom stereocenters. The molecule has 0 radical (unpaired) electrons. The van der Waals surface area contributed by atoms with E-state index in [1.54, 1.807) is 0 Å². The molecule has 0 saturated heterocycles. The van der Waals surface area contributed by atoms with Crippen LogP contribution in [0.1, 0.15) is 48.3 Å². The van der Waals surface area contributed by atoms with E-state index >= 15 is 0 Å². The third-order valence-electron chi connectivity index (χ3n) is 4.62. The summed E-state index contributed by atoms with van der Waals surface area (Å²) in [4.78, 5) is 23.7. The third-order valence-corrected chi connectivity index (χ3v) is 4.62. The van der Waals surface area contributed by atoms with E-state index in [1.165, 1.54) is 6.33 Å². The van der Waals surface area contributed by atoms with Gasteiger partial charge in [-0.2, -0.15) is 0 Å². The maximum absolute atomic E-state index is 12.3. The Balaban J connectivity index is 1.67. The van der Waals surface area contributed by atoms with E-state index in [-0.39, 0.29) is 23.5 Å². The van der Waals surface area contributed by atoms with Crippen molar-refractivity contribution in [2.24, 2.45) is 0 Å². The van der Waals surface area contributed by atoms with Crippen molar-refractivity contribution in [3.8, 4) is 0 Å². The van der Waals surface area contributed by atoms with Crippen molar-refractivity contribution in [3.63, 3.8) is 0 Å². The number of nitrogen functional groups attached to an aromatic ring is 1. The summed E-state index contributed by atoms with van der Waals surface area (Å²) in [6.45, 7) is 3.98. The molecule has 2 aromatic heterocycles. The van der Waals surface area contributed by atoms with Crippen LogP contribution in [0.3, 0.4) is 0 Å². The molecule has 8 heteroatoms. The quantitative estimate of drug-likeness (QED) is 0.421. The van der Waals surface area contributed by atoms with Crippen LogP contribution in [-0.2, 0) is 0 Å². The van der Waals surface area contributed by atoms with E-state index in [0.717, 1.165) is 23.7 Å². The molecule has 6 N–H and O–H groups in total. The second-order valence-electron chi connectivity index (χ2n) is 7.39. The predicted octanol–water partition coefficient (Wildman–Crippen LogP) is 2.67. The predicted molar refractivity (Wildman–Crippen MR) is 110 cm³/mol. The number of fused-ring (bicyclic) bond motifs is 1. The summed E-state index contributed by atoms with van der Waals surface area (Å²) in [5.74, 6) is 0.683. The molecule has 3 aromatic rings. The van der Waals surface area contributed by atoms with Crippen LogP contribution in [0.2, 0.25) is 0 Å². The van der Waals surface area contributed by atoms with Crippen LogP contribution in [0.5, 0.6) is 0 Å². The van der Waals surface area contributed by atoms with Gasteiger partial charge in [0.05, 0.1) is 11.3 Å². The molecule has 0 bridgehead atoms. The number of nitrogens with zero attached hydrogens (tertiary/aromatic N) is 2. The highest BCUT2D eigenvalue weighted by molar-refractivity contribution is 6.17. The summed E-state index contributed by atoms with van der Waals surface area (Å²) in [5, 5.41) is 15.8. The lowest BCUT2D eigenvalue weighted by Crippen LogP contribution is -2.25. The Morgan fingerprint density at radius 1 is 1.29 bits per heavy atom. The van der Waals surface area contributed by atoms with E-state index < -0.39 is 0 Å². The fraction of sp³-hybridized carbons (Fsp3) is 0.300. The fourth-order valence-corrected chi connectivity index (χ4v) is 3.07. The van der Waals surface area contributed by atoms with Crippen LogP contribution >= 0.6 is 0 Å². The molecule has 0 spiro atoms. The lowest BCUT2D eigenvalue weighted by Gasteiger charge is -2.15. The number of hydrogen-bond donors (Lipinski definition) is 5. The zero-order chi connectivity index (χ0) is 19.8. The molecule has 1 aliphatic carbocycles. The van der Waals surface area contributed by atoms with Crippen molar-refractivity contribution in [2.75, 3.05) is 11.1 Å². The van der Waals surface area contributed by atoms with Crippen LogP contribution in [0.15, 0.2) is 30.6 Å². The number of nitrogens with one attached hydrogen (secondary N) is 4. The Bertz CT molecular complexity index is 1070. The van der Waals surface area contributed by atoms with Crippen LogP contribution in [0.25, 0.3) is 10.9 Å². The minimum absolute atomic E-state index is 0.0977. The van der Waals surface area contributed by atoms with E-state index in [9.17, 15) is 4.79 Å². The number of aromatic nitrogens is 3. The molecular formula is C20H23N7O. The van der Waals surface area contributed by atoms with Crippen LogP contribution in [0.4, 0.5) is 11.6 Å². The first kappa shape index (κ1) is 18.0. The molecule has 2 heterocycles. The molecule has 1 fully saturated rings. The van der Waals surface area contributed by atoms with E-state index in [4.69, 9.17) is 11.1 Å². The smallest absolute Gasteiger partial charge is 0.267 e. The van der Waals surface area contributed by atoms with Crippen molar-refractivity contribution in [3.05, 3.63) is 47.4 Å². The number of hydrogen-bond acceptors (Lipinski definition) is 6. The van der Waals surface area contributed by atoms with Crippen LogP contribution in [-0.4, -0.2) is 38.7 Å². The zero-order valence-electron chi connectivity index (χ0n) is 15.8. The van der Waals surface area contributed by atoms with Crippen molar-refractivity contribution < 1.29 is 4.79 Å². The molecule has 0 unspecified atom stereocenters. The summed E-state index contributed by atoms with van der Waals surface area (Å²) >= 11 is 0. The highest BCUT2D eigenvalue weighted by Crippen LogP contribution is 2.25. The summed E-state index contributed by atoms with van der Waals surface area (Å²) in [5.41, 5.74) is 8.72. The van der Waals surface area contributed by atoms with Gasteiger partial charge in [0.1, 0.15) is 23.7 Å². The lowest BCUT2D eigenvalue weighted by atomic mass is 10.0. The van der Waals surface area contributed by atoms with E-state index in [2.05, 4.69) is 25.6 Å². The zero-order valence-corrected chi connectivity index (χ0v) is 15.8. The third kappa shape index (κ3) is 3.53. The monoisotopic (exact) mass is 377 g/mol. The first-order valence-electron chi connectivity index (χ1n) is 9.32. The number of benzene rings is 1. The number of rotatable bonds is 6. The van der Waals surface area contributed by atoms with Crippen LogP contribution in [0, 0.1) is 5.41 Å². The van der Waals surface area contributed by atoms with Gasteiger partial charge in [0.25, 0.3) is 5.91 Å².